The van der Waals surface area contributed by atoms with Gasteiger partial charge in [0.15, 0.2) is 0 Å². The molecule has 134 valence electrons. The predicted octanol–water partition coefficient (Wildman–Crippen LogP) is 1.43. The molecule has 1 unspecified atom stereocenters. The number of rotatable bonds is 3. The van der Waals surface area contributed by atoms with E-state index in [2.05, 4.69) is 15.6 Å². The third kappa shape index (κ3) is 3.76. The van der Waals surface area contributed by atoms with Gasteiger partial charge in [0.2, 0.25) is 11.8 Å². The normalized spacial score (nSPS) is 17.0. The summed E-state index contributed by atoms with van der Waals surface area (Å²) >= 11 is 0. The number of nitrogens with one attached hydrogen (secondary N) is 2. The van der Waals surface area contributed by atoms with Gasteiger partial charge in [-0.3, -0.25) is 24.3 Å². The highest BCUT2D eigenvalue weighted by Gasteiger charge is 2.30. The fourth-order valence-electron chi connectivity index (χ4n) is 2.97. The molecular formula is C18H24N4O3. The number of hydrogen-bond donors (Lipinski definition) is 2. The van der Waals surface area contributed by atoms with Gasteiger partial charge in [-0.1, -0.05) is 19.9 Å². The monoisotopic (exact) mass is 344 g/mol. The van der Waals surface area contributed by atoms with E-state index in [0.717, 1.165) is 5.56 Å². The largest absolute Gasteiger partial charge is 0.316 e. The molecule has 7 nitrogen and oxygen atoms in total. The average molecular weight is 344 g/mol. The molecule has 1 fully saturated rings. The van der Waals surface area contributed by atoms with Crippen molar-refractivity contribution >= 4 is 22.7 Å². The van der Waals surface area contributed by atoms with Crippen LogP contribution in [0.5, 0.6) is 0 Å². The third-order valence-electron chi connectivity index (χ3n) is 4.04. The van der Waals surface area contributed by atoms with Crippen LogP contribution in [0.4, 0.5) is 0 Å². The molecule has 7 heteroatoms. The summed E-state index contributed by atoms with van der Waals surface area (Å²) in [6, 6.07) is 4.79. The number of carbonyl (C=O) groups excluding carboxylic acids is 2. The second-order valence-corrected chi connectivity index (χ2v) is 5.68. The minimum atomic E-state index is -0.686. The number of amides is 2. The molecule has 3 rings (SSSR count). The highest BCUT2D eigenvalue weighted by molar-refractivity contribution is 5.99. The highest BCUT2D eigenvalue weighted by atomic mass is 16.2. The number of carbonyl (C=O) groups is 2. The van der Waals surface area contributed by atoms with Crippen LogP contribution in [0, 0.1) is 6.92 Å². The van der Waals surface area contributed by atoms with Crippen molar-refractivity contribution in [3.63, 3.8) is 0 Å². The summed E-state index contributed by atoms with van der Waals surface area (Å²) in [5, 5.41) is 5.81. The molecule has 0 saturated carbocycles. The molecule has 2 heterocycles. The van der Waals surface area contributed by atoms with E-state index >= 15 is 0 Å². The lowest BCUT2D eigenvalue weighted by Gasteiger charge is -2.24. The molecule has 0 spiro atoms. The first-order valence-electron chi connectivity index (χ1n) is 8.51. The molecule has 1 saturated heterocycles. The van der Waals surface area contributed by atoms with E-state index < -0.39 is 11.9 Å². The first-order chi connectivity index (χ1) is 12.0. The summed E-state index contributed by atoms with van der Waals surface area (Å²) in [4.78, 5) is 40.6. The van der Waals surface area contributed by atoms with Crippen LogP contribution >= 0.6 is 0 Å². The van der Waals surface area contributed by atoms with Crippen molar-refractivity contribution in [1.29, 1.82) is 0 Å². The second-order valence-electron chi connectivity index (χ2n) is 5.68. The topological polar surface area (TPSA) is 93.1 Å². The summed E-state index contributed by atoms with van der Waals surface area (Å²) in [6.07, 6.45) is 0.540. The van der Waals surface area contributed by atoms with Crippen LogP contribution in [0.15, 0.2) is 23.0 Å². The van der Waals surface area contributed by atoms with Gasteiger partial charge < -0.3 is 5.32 Å². The summed E-state index contributed by atoms with van der Waals surface area (Å²) in [6.45, 7) is 6.39. The van der Waals surface area contributed by atoms with Crippen molar-refractivity contribution in [2.45, 2.75) is 46.2 Å². The lowest BCUT2D eigenvalue weighted by molar-refractivity contribution is -0.135. The maximum atomic E-state index is 12.8. The maximum Gasteiger partial charge on any atom is 0.262 e. The summed E-state index contributed by atoms with van der Waals surface area (Å²) in [5.74, 6) is -0.277. The molecule has 1 aliphatic rings. The summed E-state index contributed by atoms with van der Waals surface area (Å²) in [5.41, 5.74) is 1.40. The molecule has 1 atom stereocenters. The zero-order valence-corrected chi connectivity index (χ0v) is 15.0. The van der Waals surface area contributed by atoms with Gasteiger partial charge in [0, 0.05) is 13.0 Å². The number of imide groups is 1. The van der Waals surface area contributed by atoms with E-state index in [1.54, 1.807) is 13.0 Å². The molecule has 0 aliphatic carbocycles. The van der Waals surface area contributed by atoms with Crippen molar-refractivity contribution in [3.8, 4) is 0 Å². The SMILES string of the molecule is CC.CNCc1ccc2c(=O)n(C3CCC(=O)NC3=O)c(C)nc2c1. The average Bonchev–Trinajstić information content (AvgIpc) is 2.58. The molecule has 0 bridgehead atoms. The van der Waals surface area contributed by atoms with E-state index in [4.69, 9.17) is 0 Å². The Morgan fingerprint density at radius 3 is 2.64 bits per heavy atom. The van der Waals surface area contributed by atoms with Crippen molar-refractivity contribution in [1.82, 2.24) is 20.2 Å². The van der Waals surface area contributed by atoms with Crippen molar-refractivity contribution in [3.05, 3.63) is 39.9 Å². The number of benzene rings is 1. The van der Waals surface area contributed by atoms with Gasteiger partial charge in [-0.25, -0.2) is 4.98 Å². The van der Waals surface area contributed by atoms with Crippen molar-refractivity contribution in [2.75, 3.05) is 7.05 Å². The third-order valence-corrected chi connectivity index (χ3v) is 4.04. The molecule has 2 amide bonds. The van der Waals surface area contributed by atoms with E-state index in [0.29, 0.717) is 29.7 Å². The number of aryl methyl sites for hydroxylation is 1. The van der Waals surface area contributed by atoms with Gasteiger partial charge in [0.05, 0.1) is 10.9 Å². The van der Waals surface area contributed by atoms with Gasteiger partial charge in [0.1, 0.15) is 11.9 Å². The standard InChI is InChI=1S/C16H18N4O3.C2H6/c1-9-18-12-7-10(8-17-2)3-4-11(12)16(23)20(9)13-5-6-14(21)19-15(13)22;1-2/h3-4,7,13,17H,5-6,8H2,1-2H3,(H,19,21,22);1-2H3. The van der Waals surface area contributed by atoms with Crippen LogP contribution in [-0.4, -0.2) is 28.4 Å². The maximum absolute atomic E-state index is 12.8. The quantitative estimate of drug-likeness (QED) is 0.822. The van der Waals surface area contributed by atoms with Gasteiger partial charge in [-0.15, -0.1) is 0 Å². The van der Waals surface area contributed by atoms with Gasteiger partial charge in [-0.05, 0) is 38.1 Å². The Labute approximate surface area is 146 Å². The van der Waals surface area contributed by atoms with E-state index in [1.807, 2.05) is 33.0 Å². The Hall–Kier alpha value is -2.54. The lowest BCUT2D eigenvalue weighted by Crippen LogP contribution is -2.45. The van der Waals surface area contributed by atoms with E-state index in [1.165, 1.54) is 4.57 Å². The fraction of sp³-hybridized carbons (Fsp3) is 0.444. The van der Waals surface area contributed by atoms with Gasteiger partial charge >= 0.3 is 0 Å². The molecule has 2 N–H and O–H groups in total. The van der Waals surface area contributed by atoms with Crippen molar-refractivity contribution in [2.24, 2.45) is 0 Å². The van der Waals surface area contributed by atoms with E-state index in [-0.39, 0.29) is 17.9 Å². The Balaban J connectivity index is 0.00000109. The first-order valence-corrected chi connectivity index (χ1v) is 8.51. The zero-order chi connectivity index (χ0) is 18.6. The van der Waals surface area contributed by atoms with Crippen LogP contribution in [-0.2, 0) is 16.1 Å². The Morgan fingerprint density at radius 2 is 2.00 bits per heavy atom. The van der Waals surface area contributed by atoms with Crippen LogP contribution in [0.2, 0.25) is 0 Å². The molecule has 1 aromatic carbocycles. The predicted molar refractivity (Wildman–Crippen MR) is 96.3 cm³/mol. The van der Waals surface area contributed by atoms with Gasteiger partial charge in [0.25, 0.3) is 5.56 Å². The van der Waals surface area contributed by atoms with E-state index in [9.17, 15) is 14.4 Å². The number of hydrogen-bond acceptors (Lipinski definition) is 5. The molecule has 25 heavy (non-hydrogen) atoms. The van der Waals surface area contributed by atoms with Crippen LogP contribution < -0.4 is 16.2 Å². The number of fused-ring (bicyclic) bond motifs is 1. The second kappa shape index (κ2) is 8.02. The molecule has 0 radical (unpaired) electrons. The van der Waals surface area contributed by atoms with Crippen LogP contribution in [0.1, 0.15) is 44.1 Å². The van der Waals surface area contributed by atoms with Crippen molar-refractivity contribution < 1.29 is 9.59 Å². The number of aromatic nitrogens is 2. The summed E-state index contributed by atoms with van der Waals surface area (Å²) < 4.78 is 1.39. The minimum absolute atomic E-state index is 0.224. The van der Waals surface area contributed by atoms with Gasteiger partial charge in [-0.2, -0.15) is 0 Å². The number of piperidine rings is 1. The molecule has 1 aromatic heterocycles. The summed E-state index contributed by atoms with van der Waals surface area (Å²) in [7, 11) is 1.85. The highest BCUT2D eigenvalue weighted by Crippen LogP contribution is 2.20. The molecular weight excluding hydrogens is 320 g/mol. The first kappa shape index (κ1) is 18.8. The minimum Gasteiger partial charge on any atom is -0.316 e. The van der Waals surface area contributed by atoms with Crippen LogP contribution in [0.3, 0.4) is 0 Å². The fourth-order valence-corrected chi connectivity index (χ4v) is 2.97. The molecule has 2 aromatic rings. The Morgan fingerprint density at radius 1 is 1.28 bits per heavy atom. The van der Waals surface area contributed by atoms with Crippen LogP contribution in [0.25, 0.3) is 10.9 Å². The Bertz CT molecular complexity index is 857. The Kier molecular flexibility index (Phi) is 6.03. The zero-order valence-electron chi connectivity index (χ0n) is 15.0. The number of nitrogens with zero attached hydrogens (tertiary/aromatic N) is 2. The molecule has 1 aliphatic heterocycles. The smallest absolute Gasteiger partial charge is 0.262 e. The lowest BCUT2D eigenvalue weighted by atomic mass is 10.1.